The molecule has 2 aliphatic rings. The van der Waals surface area contributed by atoms with E-state index in [1.807, 2.05) is 34.3 Å². The van der Waals surface area contributed by atoms with Crippen molar-refractivity contribution in [2.45, 2.75) is 52.4 Å². The third-order valence-corrected chi connectivity index (χ3v) is 6.49. The summed E-state index contributed by atoms with van der Waals surface area (Å²) in [5.41, 5.74) is 6.61. The Morgan fingerprint density at radius 1 is 0.583 bits per heavy atom. The smallest absolute Gasteiger partial charge is 0.240 e. The van der Waals surface area contributed by atoms with Gasteiger partial charge in [-0.05, 0) is 64.4 Å². The molecule has 0 amide bonds. The number of hydrazone groups is 2. The maximum Gasteiger partial charge on any atom is 0.240 e. The molecule has 0 radical (unpaired) electrons. The fraction of sp³-hybridized carbons (Fsp3) is 0.333. The van der Waals surface area contributed by atoms with Crippen LogP contribution < -0.4 is 10.0 Å². The molecule has 0 aromatic heterocycles. The van der Waals surface area contributed by atoms with Crippen LogP contribution in [0.5, 0.6) is 0 Å². The van der Waals surface area contributed by atoms with E-state index >= 15 is 0 Å². The van der Waals surface area contributed by atoms with Crippen molar-refractivity contribution in [1.82, 2.24) is 0 Å². The first-order chi connectivity index (χ1) is 17.1. The van der Waals surface area contributed by atoms with Gasteiger partial charge in [0, 0.05) is 11.1 Å². The van der Waals surface area contributed by atoms with Crippen LogP contribution in [0.1, 0.15) is 63.8 Å². The molecule has 0 spiro atoms. The zero-order valence-corrected chi connectivity index (χ0v) is 21.9. The first-order valence-corrected chi connectivity index (χ1v) is 12.4. The number of nitrogens with zero attached hydrogens (tertiary/aromatic N) is 4. The number of rotatable bonds is 4. The minimum Gasteiger partial charge on any atom is -0.453 e. The van der Waals surface area contributed by atoms with Crippen LogP contribution in [0.25, 0.3) is 0 Å². The van der Waals surface area contributed by atoms with Gasteiger partial charge in [0.1, 0.15) is 0 Å². The summed E-state index contributed by atoms with van der Waals surface area (Å²) in [7, 11) is 0. The SMILES string of the molecule is CC(C)(C)c1ccc(N2COC(c3cccc(C4=NN(c5ccc(C(C)(C)C)cc5)CO4)c3)=N2)cc1. The molecule has 0 N–H and O–H groups in total. The van der Waals surface area contributed by atoms with Gasteiger partial charge in [0.2, 0.25) is 11.8 Å². The van der Waals surface area contributed by atoms with Gasteiger partial charge >= 0.3 is 0 Å². The normalized spacial score (nSPS) is 15.9. The first kappa shape index (κ1) is 23.9. The molecule has 186 valence electrons. The topological polar surface area (TPSA) is 49.7 Å². The van der Waals surface area contributed by atoms with Crippen molar-refractivity contribution in [1.29, 1.82) is 0 Å². The fourth-order valence-electron chi connectivity index (χ4n) is 4.18. The maximum atomic E-state index is 5.94. The predicted molar refractivity (Wildman–Crippen MR) is 147 cm³/mol. The molecular weight excluding hydrogens is 448 g/mol. The Morgan fingerprint density at radius 3 is 1.33 bits per heavy atom. The highest BCUT2D eigenvalue weighted by molar-refractivity contribution is 6.01. The number of anilines is 2. The van der Waals surface area contributed by atoms with Gasteiger partial charge in [0.15, 0.2) is 13.5 Å². The van der Waals surface area contributed by atoms with Gasteiger partial charge in [-0.1, -0.05) is 71.9 Å². The largest absolute Gasteiger partial charge is 0.453 e. The summed E-state index contributed by atoms with van der Waals surface area (Å²) in [5, 5.41) is 13.2. The van der Waals surface area contributed by atoms with E-state index in [2.05, 4.69) is 90.1 Å². The molecular formula is C30H34N4O2. The van der Waals surface area contributed by atoms with Gasteiger partial charge < -0.3 is 9.47 Å². The van der Waals surface area contributed by atoms with Crippen molar-refractivity contribution < 1.29 is 9.47 Å². The van der Waals surface area contributed by atoms with Crippen molar-refractivity contribution >= 4 is 23.2 Å². The minimum atomic E-state index is 0.116. The molecule has 3 aromatic carbocycles. The molecule has 6 nitrogen and oxygen atoms in total. The quantitative estimate of drug-likeness (QED) is 0.421. The van der Waals surface area contributed by atoms with Gasteiger partial charge in [-0.15, -0.1) is 10.2 Å². The minimum absolute atomic E-state index is 0.116. The van der Waals surface area contributed by atoms with Crippen LogP contribution in [-0.4, -0.2) is 25.3 Å². The summed E-state index contributed by atoms with van der Waals surface area (Å²) in [5.74, 6) is 1.18. The Balaban J connectivity index is 1.32. The molecule has 5 rings (SSSR count). The van der Waals surface area contributed by atoms with Gasteiger partial charge in [-0.3, -0.25) is 0 Å². The highest BCUT2D eigenvalue weighted by atomic mass is 16.5. The summed E-state index contributed by atoms with van der Waals surface area (Å²) in [6.45, 7) is 14.0. The summed E-state index contributed by atoms with van der Waals surface area (Å²) in [6, 6.07) is 25.0. The zero-order valence-electron chi connectivity index (χ0n) is 21.9. The summed E-state index contributed by atoms with van der Waals surface area (Å²) in [6.07, 6.45) is 0. The lowest BCUT2D eigenvalue weighted by molar-refractivity contribution is 0.337. The van der Waals surface area contributed by atoms with Gasteiger partial charge in [0.25, 0.3) is 0 Å². The molecule has 0 saturated carbocycles. The molecule has 2 heterocycles. The van der Waals surface area contributed by atoms with Crippen molar-refractivity contribution in [2.24, 2.45) is 10.2 Å². The third-order valence-electron chi connectivity index (χ3n) is 6.49. The lowest BCUT2D eigenvalue weighted by Gasteiger charge is -2.20. The zero-order chi connectivity index (χ0) is 25.5. The standard InChI is InChI=1S/C30H34N4O2/c1-29(2,3)23-10-14-25(15-11-23)33-19-35-27(31-33)21-8-7-9-22(18-21)28-32-34(20-36-28)26-16-12-24(13-17-26)30(4,5)6/h7-18H,19-20H2,1-6H3. The average Bonchev–Trinajstić information content (AvgIpc) is 3.54. The monoisotopic (exact) mass is 482 g/mol. The Bertz CT molecular complexity index is 1200. The molecule has 0 fully saturated rings. The molecule has 3 aromatic rings. The lowest BCUT2D eigenvalue weighted by Crippen LogP contribution is -2.14. The highest BCUT2D eigenvalue weighted by Gasteiger charge is 2.23. The molecule has 2 aliphatic heterocycles. The van der Waals surface area contributed by atoms with Crippen LogP contribution in [0.15, 0.2) is 83.0 Å². The molecule has 6 heteroatoms. The number of ether oxygens (including phenoxy) is 2. The van der Waals surface area contributed by atoms with E-state index in [4.69, 9.17) is 19.7 Å². The predicted octanol–water partition coefficient (Wildman–Crippen LogP) is 6.59. The number of benzene rings is 3. The second kappa shape index (κ2) is 9.01. The van der Waals surface area contributed by atoms with Crippen molar-refractivity contribution in [3.63, 3.8) is 0 Å². The van der Waals surface area contributed by atoms with Crippen LogP contribution in [0.3, 0.4) is 0 Å². The Hall–Kier alpha value is -3.80. The van der Waals surface area contributed by atoms with E-state index in [9.17, 15) is 0 Å². The van der Waals surface area contributed by atoms with Crippen LogP contribution in [-0.2, 0) is 20.3 Å². The highest BCUT2D eigenvalue weighted by Crippen LogP contribution is 2.28. The molecule has 0 atom stereocenters. The van der Waals surface area contributed by atoms with E-state index in [1.165, 1.54) is 11.1 Å². The van der Waals surface area contributed by atoms with E-state index in [1.54, 1.807) is 0 Å². The molecule has 36 heavy (non-hydrogen) atoms. The summed E-state index contributed by atoms with van der Waals surface area (Å²) in [4.78, 5) is 0. The van der Waals surface area contributed by atoms with E-state index < -0.39 is 0 Å². The first-order valence-electron chi connectivity index (χ1n) is 12.4. The van der Waals surface area contributed by atoms with Crippen molar-refractivity contribution in [2.75, 3.05) is 23.5 Å². The maximum absolute atomic E-state index is 5.94. The van der Waals surface area contributed by atoms with Gasteiger partial charge in [-0.2, -0.15) is 0 Å². The second-order valence-electron chi connectivity index (χ2n) is 11.3. The van der Waals surface area contributed by atoms with Crippen LogP contribution in [0.2, 0.25) is 0 Å². The van der Waals surface area contributed by atoms with E-state index in [0.29, 0.717) is 25.3 Å². The van der Waals surface area contributed by atoms with Crippen LogP contribution in [0.4, 0.5) is 11.4 Å². The van der Waals surface area contributed by atoms with Gasteiger partial charge in [0.05, 0.1) is 11.4 Å². The Morgan fingerprint density at radius 2 is 0.972 bits per heavy atom. The Labute approximate surface area is 213 Å². The summed E-state index contributed by atoms with van der Waals surface area (Å²) >= 11 is 0. The Kier molecular flexibility index (Phi) is 5.99. The van der Waals surface area contributed by atoms with Gasteiger partial charge in [-0.25, -0.2) is 10.0 Å². The van der Waals surface area contributed by atoms with Crippen molar-refractivity contribution in [3.05, 3.63) is 95.1 Å². The molecule has 0 saturated heterocycles. The molecule has 0 unspecified atom stereocenters. The fourth-order valence-corrected chi connectivity index (χ4v) is 4.18. The number of hydrogen-bond acceptors (Lipinski definition) is 6. The average molecular weight is 483 g/mol. The number of hydrogen-bond donors (Lipinski definition) is 0. The summed E-state index contributed by atoms with van der Waals surface area (Å²) < 4.78 is 11.9. The van der Waals surface area contributed by atoms with Crippen molar-refractivity contribution in [3.8, 4) is 0 Å². The second-order valence-corrected chi connectivity index (χ2v) is 11.3. The molecule has 0 bridgehead atoms. The van der Waals surface area contributed by atoms with Crippen LogP contribution >= 0.6 is 0 Å². The van der Waals surface area contributed by atoms with E-state index in [0.717, 1.165) is 22.5 Å². The van der Waals surface area contributed by atoms with Crippen LogP contribution in [0, 0.1) is 0 Å². The lowest BCUT2D eigenvalue weighted by atomic mass is 9.87. The third kappa shape index (κ3) is 4.94. The molecule has 0 aliphatic carbocycles. The van der Waals surface area contributed by atoms with E-state index in [-0.39, 0.29) is 10.8 Å².